The van der Waals surface area contributed by atoms with Gasteiger partial charge in [-0.25, -0.2) is 4.79 Å². The Kier molecular flexibility index (Phi) is 8.41. The molecule has 8 aliphatic rings. The van der Waals surface area contributed by atoms with Crippen molar-refractivity contribution < 1.29 is 81.2 Å². The topological polar surface area (TPSA) is 225 Å². The first kappa shape index (κ1) is 41.7. The van der Waals surface area contributed by atoms with Gasteiger partial charge in [-0.05, 0) is 45.1 Å². The van der Waals surface area contributed by atoms with Crippen molar-refractivity contribution in [1.29, 1.82) is 0 Å². The number of furan rings is 1. The van der Waals surface area contributed by atoms with Gasteiger partial charge in [0.25, 0.3) is 5.97 Å². The van der Waals surface area contributed by atoms with E-state index in [0.717, 1.165) is 0 Å². The minimum atomic E-state index is -2.80. The monoisotopic (exact) mass is 844 g/mol. The summed E-state index contributed by atoms with van der Waals surface area (Å²) in [5.74, 6) is -8.52. The lowest BCUT2D eigenvalue weighted by molar-refractivity contribution is -0.479. The molecular formula is C43H56O17. The van der Waals surface area contributed by atoms with Gasteiger partial charge in [0, 0.05) is 35.2 Å². The molecule has 4 bridgehead atoms. The number of ether oxygens (including phenoxy) is 9. The molecule has 4 saturated carbocycles. The zero-order valence-corrected chi connectivity index (χ0v) is 35.9. The Morgan fingerprint density at radius 3 is 2.18 bits per heavy atom. The number of rotatable bonds is 10. The quantitative estimate of drug-likeness (QED) is 0.196. The van der Waals surface area contributed by atoms with E-state index in [4.69, 9.17) is 47.0 Å². The zero-order valence-electron chi connectivity index (χ0n) is 35.9. The van der Waals surface area contributed by atoms with Crippen LogP contribution in [-0.4, -0.2) is 111 Å². The van der Waals surface area contributed by atoms with Crippen molar-refractivity contribution in [3.8, 4) is 0 Å². The number of carbonyl (C=O) groups is 5. The lowest BCUT2D eigenvalue weighted by Crippen LogP contribution is -2.99. The summed E-state index contributed by atoms with van der Waals surface area (Å²) >= 11 is 0. The Morgan fingerprint density at radius 2 is 1.60 bits per heavy atom. The van der Waals surface area contributed by atoms with Crippen LogP contribution in [0.25, 0.3) is 0 Å². The second kappa shape index (κ2) is 12.1. The zero-order chi connectivity index (χ0) is 43.8. The summed E-state index contributed by atoms with van der Waals surface area (Å²) < 4.78 is 63.7. The molecule has 2 spiro atoms. The minimum absolute atomic E-state index is 0.151. The first-order valence-corrected chi connectivity index (χ1v) is 21.0. The minimum Gasteiger partial charge on any atom is -0.472 e. The van der Waals surface area contributed by atoms with Crippen LogP contribution in [0.4, 0.5) is 0 Å². The summed E-state index contributed by atoms with van der Waals surface area (Å²) in [5, 5.41) is 28.1. The molecule has 4 aliphatic heterocycles. The largest absolute Gasteiger partial charge is 0.472 e. The average molecular weight is 845 g/mol. The van der Waals surface area contributed by atoms with Crippen LogP contribution < -0.4 is 0 Å². The van der Waals surface area contributed by atoms with E-state index in [2.05, 4.69) is 0 Å². The molecule has 330 valence electrons. The van der Waals surface area contributed by atoms with Crippen molar-refractivity contribution in [3.05, 3.63) is 24.2 Å². The van der Waals surface area contributed by atoms with Crippen LogP contribution in [0.2, 0.25) is 0 Å². The van der Waals surface area contributed by atoms with Gasteiger partial charge in [-0.3, -0.25) is 19.2 Å². The van der Waals surface area contributed by atoms with E-state index in [1.54, 1.807) is 54.5 Å². The fourth-order valence-corrected chi connectivity index (χ4v) is 13.7. The number of epoxide rings is 1. The van der Waals surface area contributed by atoms with Crippen LogP contribution in [0.1, 0.15) is 113 Å². The van der Waals surface area contributed by atoms with Gasteiger partial charge in [0.2, 0.25) is 0 Å². The third-order valence-corrected chi connectivity index (χ3v) is 16.8. The number of aliphatic hydroxyl groups is 2. The average Bonchev–Trinajstić information content (AvgIpc) is 3.63. The number of hydrogen-bond acceptors (Lipinski definition) is 17. The van der Waals surface area contributed by atoms with Crippen molar-refractivity contribution in [2.75, 3.05) is 7.11 Å². The first-order valence-electron chi connectivity index (χ1n) is 21.0. The van der Waals surface area contributed by atoms with E-state index in [1.807, 2.05) is 6.92 Å². The van der Waals surface area contributed by atoms with Gasteiger partial charge in [-0.15, -0.1) is 0 Å². The number of hydrogen-bond donors (Lipinski definition) is 2. The molecule has 0 amide bonds. The van der Waals surface area contributed by atoms with Crippen LogP contribution in [0.15, 0.2) is 23.0 Å². The molecular weight excluding hydrogens is 788 g/mol. The number of fused-ring (bicyclic) bond motifs is 2. The Balaban J connectivity index is 1.41. The summed E-state index contributed by atoms with van der Waals surface area (Å²) in [6.45, 7) is 16.5. The molecule has 1 aromatic rings. The van der Waals surface area contributed by atoms with E-state index in [0.29, 0.717) is 12.0 Å². The predicted molar refractivity (Wildman–Crippen MR) is 198 cm³/mol. The maximum atomic E-state index is 14.4. The lowest BCUT2D eigenvalue weighted by Gasteiger charge is -2.79. The molecule has 4 saturated heterocycles. The highest BCUT2D eigenvalue weighted by molar-refractivity contribution is 5.83. The Labute approximate surface area is 347 Å². The van der Waals surface area contributed by atoms with Gasteiger partial charge in [0.1, 0.15) is 29.5 Å². The number of carbonyl (C=O) groups excluding carboxylic acids is 5. The second-order valence-electron chi connectivity index (χ2n) is 20.0. The van der Waals surface area contributed by atoms with Crippen LogP contribution in [0.5, 0.6) is 0 Å². The van der Waals surface area contributed by atoms with Crippen LogP contribution >= 0.6 is 0 Å². The van der Waals surface area contributed by atoms with Crippen LogP contribution in [-0.2, 0) is 66.6 Å². The molecule has 0 radical (unpaired) electrons. The fourth-order valence-electron chi connectivity index (χ4n) is 13.7. The molecule has 17 atom stereocenters. The molecule has 1 aromatic heterocycles. The Morgan fingerprint density at radius 1 is 0.933 bits per heavy atom. The van der Waals surface area contributed by atoms with Gasteiger partial charge in [0.05, 0.1) is 44.0 Å². The standard InChI is InChI=1S/C43H56O17/c1-12-21(4)30(47)53-25-16-35(7)28(23-13-14-52-18-23)54-27(45)17-40(35)43-32(55-29(46)20(2)3)41(50)31(56-33(48)36(8)22(5)57-36)34(6)19-39(41,49)37(9,24(34)15-26(44)51-11)42(25,43)59-38(10,58-40)60-43/h13-14,18,20-22,24-25,28,31-32,49-50H,12,15-17,19H2,1-11H3/t21?,22?,24-,25+,28-,31-,32+,34?,35-,36?,37+,38?,39?,40-,41-,42-,43-/m0/s1. The van der Waals surface area contributed by atoms with E-state index in [9.17, 15) is 34.2 Å². The summed E-state index contributed by atoms with van der Waals surface area (Å²) in [4.78, 5) is 71.1. The maximum absolute atomic E-state index is 14.4. The van der Waals surface area contributed by atoms with Crippen molar-refractivity contribution >= 4 is 29.8 Å². The van der Waals surface area contributed by atoms with Crippen LogP contribution in [0, 0.1) is 34.0 Å². The molecule has 2 N–H and O–H groups in total. The van der Waals surface area contributed by atoms with Gasteiger partial charge >= 0.3 is 29.8 Å². The Hall–Kier alpha value is -3.61. The van der Waals surface area contributed by atoms with Gasteiger partial charge in [-0.2, -0.15) is 0 Å². The molecule has 6 unspecified atom stereocenters. The van der Waals surface area contributed by atoms with Crippen LogP contribution in [0.3, 0.4) is 0 Å². The summed E-state index contributed by atoms with van der Waals surface area (Å²) in [7, 11) is 1.21. The molecule has 8 fully saturated rings. The van der Waals surface area contributed by atoms with Crippen molar-refractivity contribution in [3.63, 3.8) is 0 Å². The molecule has 60 heavy (non-hydrogen) atoms. The third kappa shape index (κ3) is 4.28. The molecule has 17 heteroatoms. The molecule has 0 aromatic carbocycles. The van der Waals surface area contributed by atoms with Crippen molar-refractivity contribution in [1.82, 2.24) is 0 Å². The fraction of sp³-hybridized carbons (Fsp3) is 0.791. The lowest BCUT2D eigenvalue weighted by atomic mass is 9.31. The summed E-state index contributed by atoms with van der Waals surface area (Å²) in [5.41, 5.74) is -17.8. The molecule has 4 aliphatic carbocycles. The molecule has 17 nitrogen and oxygen atoms in total. The normalized spacial score (nSPS) is 51.6. The maximum Gasteiger partial charge on any atom is 0.341 e. The highest BCUT2D eigenvalue weighted by atomic mass is 17.0. The highest BCUT2D eigenvalue weighted by Gasteiger charge is 3.07. The summed E-state index contributed by atoms with van der Waals surface area (Å²) in [6, 6.07) is 1.62. The smallest absolute Gasteiger partial charge is 0.341 e. The van der Waals surface area contributed by atoms with E-state index in [-0.39, 0.29) is 12.8 Å². The van der Waals surface area contributed by atoms with E-state index >= 15 is 0 Å². The predicted octanol–water partition coefficient (Wildman–Crippen LogP) is 3.34. The van der Waals surface area contributed by atoms with E-state index in [1.165, 1.54) is 33.5 Å². The first-order chi connectivity index (χ1) is 27.8. The van der Waals surface area contributed by atoms with Gasteiger partial charge in [-0.1, -0.05) is 48.5 Å². The number of esters is 5. The number of methoxy groups -OCH3 is 1. The van der Waals surface area contributed by atoms with Gasteiger partial charge in [0.15, 0.2) is 28.5 Å². The SMILES string of the molecule is CCC(C)C(=O)O[C@@H]1C[C@@]2(C)[C@H](c3ccoc3)OC(=O)C[C@]23OC2(C)O[C@@]14[C@]3(O2)[C@H](OC(=O)C(C)C)[C@@]1(O)[C@@H](OC(=O)C2(C)OC2C)C2(C)CC1(O)[C@@]4(C)[C@H]2CC(=O)OC. The molecule has 9 rings (SSSR count). The van der Waals surface area contributed by atoms with E-state index < -0.39 is 147 Å². The second-order valence-corrected chi connectivity index (χ2v) is 20.0. The van der Waals surface area contributed by atoms with Gasteiger partial charge < -0.3 is 57.3 Å². The van der Waals surface area contributed by atoms with Crippen molar-refractivity contribution in [2.24, 2.45) is 34.0 Å². The molecule has 5 heterocycles. The highest BCUT2D eigenvalue weighted by Crippen LogP contribution is 2.89. The van der Waals surface area contributed by atoms with Crippen molar-refractivity contribution in [2.45, 2.75) is 171 Å². The Bertz CT molecular complexity index is 2070. The summed E-state index contributed by atoms with van der Waals surface area (Å²) in [6.07, 6.45) is -5.20. The number of cyclic esters (lactones) is 1. The third-order valence-electron chi connectivity index (χ3n) is 16.8.